The molecule has 0 fully saturated rings. The molecular formula is C21H23NO4. The van der Waals surface area contributed by atoms with Crippen LogP contribution in [-0.4, -0.2) is 16.4 Å². The lowest BCUT2D eigenvalue weighted by molar-refractivity contribution is 0.0523. The Morgan fingerprint density at radius 1 is 1.04 bits per heavy atom. The van der Waals surface area contributed by atoms with Crippen LogP contribution in [0.3, 0.4) is 0 Å². The van der Waals surface area contributed by atoms with Gasteiger partial charge in [-0.25, -0.2) is 0 Å². The Hall–Kier alpha value is -2.79. The summed E-state index contributed by atoms with van der Waals surface area (Å²) in [4.78, 5) is 0. The second-order valence-electron chi connectivity index (χ2n) is 6.44. The van der Waals surface area contributed by atoms with Crippen LogP contribution in [0.5, 0.6) is 11.6 Å². The Labute approximate surface area is 153 Å². The zero-order valence-electron chi connectivity index (χ0n) is 15.2. The maximum atomic E-state index is 9.26. The summed E-state index contributed by atoms with van der Waals surface area (Å²) in [6.07, 6.45) is 0.0999. The fraction of sp³-hybridized carbons (Fsp3) is 0.286. The van der Waals surface area contributed by atoms with E-state index >= 15 is 0 Å². The van der Waals surface area contributed by atoms with Gasteiger partial charge >= 0.3 is 0 Å². The zero-order chi connectivity index (χ0) is 18.5. The molecule has 1 atom stereocenters. The predicted molar refractivity (Wildman–Crippen MR) is 99.0 cm³/mol. The summed E-state index contributed by atoms with van der Waals surface area (Å²) in [6.45, 7) is 6.55. The van der Waals surface area contributed by atoms with Crippen molar-refractivity contribution in [3.8, 4) is 23.0 Å². The monoisotopic (exact) mass is 353 g/mol. The van der Waals surface area contributed by atoms with Gasteiger partial charge in [-0.2, -0.15) is 0 Å². The highest BCUT2D eigenvalue weighted by molar-refractivity contribution is 5.58. The lowest BCUT2D eigenvalue weighted by Crippen LogP contribution is -2.06. The van der Waals surface area contributed by atoms with Crippen molar-refractivity contribution in [3.63, 3.8) is 0 Å². The summed E-state index contributed by atoms with van der Waals surface area (Å²) in [5.74, 6) is 1.27. The second kappa shape index (κ2) is 8.06. The summed E-state index contributed by atoms with van der Waals surface area (Å²) in [5.41, 5.74) is 2.99. The first-order valence-corrected chi connectivity index (χ1v) is 8.64. The van der Waals surface area contributed by atoms with Crippen LogP contribution in [0.25, 0.3) is 11.3 Å². The standard InChI is InChI=1S/C21H23NO4/c1-14(2)25-19-6-4-5-18(11-19)15(3)24-13-16-7-9-17(10-8-16)20-12-21(23)22-26-20/h4-12,14-15H,13H2,1-3H3,(H,22,23). The Morgan fingerprint density at radius 3 is 2.46 bits per heavy atom. The molecule has 5 nitrogen and oxygen atoms in total. The average molecular weight is 353 g/mol. The Kier molecular flexibility index (Phi) is 5.58. The molecule has 0 saturated heterocycles. The lowest BCUT2D eigenvalue weighted by Gasteiger charge is -2.16. The van der Waals surface area contributed by atoms with Gasteiger partial charge in [0.15, 0.2) is 5.76 Å². The molecule has 0 saturated carbocycles. The summed E-state index contributed by atoms with van der Waals surface area (Å²) >= 11 is 0. The minimum absolute atomic E-state index is 0.0448. The lowest BCUT2D eigenvalue weighted by atomic mass is 10.1. The van der Waals surface area contributed by atoms with Crippen molar-refractivity contribution in [3.05, 3.63) is 65.7 Å². The van der Waals surface area contributed by atoms with E-state index in [-0.39, 0.29) is 18.1 Å². The predicted octanol–water partition coefficient (Wildman–Crippen LogP) is 5.11. The highest BCUT2D eigenvalue weighted by Gasteiger charge is 2.09. The normalized spacial score (nSPS) is 12.3. The highest BCUT2D eigenvalue weighted by atomic mass is 16.5. The molecule has 1 unspecified atom stereocenters. The molecule has 26 heavy (non-hydrogen) atoms. The fourth-order valence-corrected chi connectivity index (χ4v) is 2.60. The first-order valence-electron chi connectivity index (χ1n) is 8.64. The zero-order valence-corrected chi connectivity index (χ0v) is 15.2. The van der Waals surface area contributed by atoms with E-state index in [0.717, 1.165) is 22.4 Å². The maximum absolute atomic E-state index is 9.26. The van der Waals surface area contributed by atoms with E-state index < -0.39 is 0 Å². The number of aromatic hydroxyl groups is 1. The molecule has 0 aliphatic carbocycles. The van der Waals surface area contributed by atoms with Crippen LogP contribution in [0.2, 0.25) is 0 Å². The first kappa shape index (κ1) is 18.0. The molecular weight excluding hydrogens is 330 g/mol. The number of hydrogen-bond acceptors (Lipinski definition) is 5. The Morgan fingerprint density at radius 2 is 1.81 bits per heavy atom. The minimum Gasteiger partial charge on any atom is -0.491 e. The van der Waals surface area contributed by atoms with Gasteiger partial charge in [-0.05, 0) is 49.2 Å². The molecule has 0 aliphatic rings. The summed E-state index contributed by atoms with van der Waals surface area (Å²) in [5, 5.41) is 12.7. The van der Waals surface area contributed by atoms with E-state index in [1.165, 1.54) is 6.07 Å². The number of rotatable bonds is 7. The highest BCUT2D eigenvalue weighted by Crippen LogP contribution is 2.25. The Bertz CT molecular complexity index is 839. The topological polar surface area (TPSA) is 64.7 Å². The molecule has 5 heteroatoms. The van der Waals surface area contributed by atoms with E-state index in [4.69, 9.17) is 14.0 Å². The molecule has 136 valence electrons. The van der Waals surface area contributed by atoms with Gasteiger partial charge in [-0.1, -0.05) is 36.4 Å². The smallest absolute Gasteiger partial charge is 0.252 e. The third-order valence-electron chi connectivity index (χ3n) is 3.94. The van der Waals surface area contributed by atoms with Crippen LogP contribution in [0.1, 0.15) is 38.0 Å². The number of aromatic nitrogens is 1. The number of ether oxygens (including phenoxy) is 2. The van der Waals surface area contributed by atoms with Crippen molar-refractivity contribution in [1.29, 1.82) is 0 Å². The van der Waals surface area contributed by atoms with Crippen molar-refractivity contribution < 1.29 is 19.1 Å². The van der Waals surface area contributed by atoms with Crippen molar-refractivity contribution in [2.24, 2.45) is 0 Å². The van der Waals surface area contributed by atoms with Gasteiger partial charge < -0.3 is 19.1 Å². The molecule has 3 aromatic rings. The van der Waals surface area contributed by atoms with Gasteiger partial charge in [0.2, 0.25) is 0 Å². The second-order valence-corrected chi connectivity index (χ2v) is 6.44. The molecule has 0 amide bonds. The van der Waals surface area contributed by atoms with Crippen molar-refractivity contribution >= 4 is 0 Å². The number of benzene rings is 2. The molecule has 1 N–H and O–H groups in total. The maximum Gasteiger partial charge on any atom is 0.252 e. The first-order chi connectivity index (χ1) is 12.5. The average Bonchev–Trinajstić information content (AvgIpc) is 3.06. The third-order valence-corrected chi connectivity index (χ3v) is 3.94. The number of nitrogens with zero attached hydrogens (tertiary/aromatic N) is 1. The van der Waals surface area contributed by atoms with E-state index in [1.54, 1.807) is 0 Å². The summed E-state index contributed by atoms with van der Waals surface area (Å²) in [6, 6.07) is 17.3. The van der Waals surface area contributed by atoms with E-state index in [1.807, 2.05) is 69.3 Å². The summed E-state index contributed by atoms with van der Waals surface area (Å²) in [7, 11) is 0. The van der Waals surface area contributed by atoms with Crippen LogP contribution in [0.15, 0.2) is 59.1 Å². The quantitative estimate of drug-likeness (QED) is 0.639. The molecule has 2 aromatic carbocycles. The molecule has 3 rings (SSSR count). The van der Waals surface area contributed by atoms with Gasteiger partial charge in [-0.15, -0.1) is 0 Å². The van der Waals surface area contributed by atoms with E-state index in [9.17, 15) is 5.11 Å². The van der Waals surface area contributed by atoms with Crippen molar-refractivity contribution in [2.75, 3.05) is 0 Å². The molecule has 0 radical (unpaired) electrons. The van der Waals surface area contributed by atoms with Crippen molar-refractivity contribution in [1.82, 2.24) is 5.16 Å². The van der Waals surface area contributed by atoms with Crippen LogP contribution in [0.4, 0.5) is 0 Å². The number of hydrogen-bond donors (Lipinski definition) is 1. The van der Waals surface area contributed by atoms with Crippen LogP contribution in [0, 0.1) is 0 Å². The molecule has 0 spiro atoms. The van der Waals surface area contributed by atoms with Gasteiger partial charge in [0, 0.05) is 11.6 Å². The van der Waals surface area contributed by atoms with Gasteiger partial charge in [0.05, 0.1) is 18.8 Å². The summed E-state index contributed by atoms with van der Waals surface area (Å²) < 4.78 is 16.8. The fourth-order valence-electron chi connectivity index (χ4n) is 2.60. The van der Waals surface area contributed by atoms with Crippen LogP contribution < -0.4 is 4.74 Å². The van der Waals surface area contributed by atoms with E-state index in [0.29, 0.717) is 12.4 Å². The van der Waals surface area contributed by atoms with Crippen LogP contribution in [-0.2, 0) is 11.3 Å². The minimum atomic E-state index is -0.120. The largest absolute Gasteiger partial charge is 0.491 e. The van der Waals surface area contributed by atoms with Gasteiger partial charge in [-0.3, -0.25) is 0 Å². The molecule has 1 aromatic heterocycles. The Balaban J connectivity index is 1.60. The SMILES string of the molecule is CC(C)Oc1cccc(C(C)OCc2ccc(-c3cc(O)no3)cc2)c1. The van der Waals surface area contributed by atoms with E-state index in [2.05, 4.69) is 5.16 Å². The molecule has 1 heterocycles. The van der Waals surface area contributed by atoms with Crippen LogP contribution >= 0.6 is 0 Å². The van der Waals surface area contributed by atoms with Crippen molar-refractivity contribution in [2.45, 2.75) is 39.6 Å². The molecule has 0 aliphatic heterocycles. The molecule has 0 bridgehead atoms. The van der Waals surface area contributed by atoms with Gasteiger partial charge in [0.1, 0.15) is 5.75 Å². The van der Waals surface area contributed by atoms with Gasteiger partial charge in [0.25, 0.3) is 5.88 Å². The third kappa shape index (κ3) is 4.64.